The molecule has 128 valence electrons. The molecule has 1 amide bonds. The Morgan fingerprint density at radius 2 is 1.92 bits per heavy atom. The normalized spacial score (nSPS) is 12.0. The summed E-state index contributed by atoms with van der Waals surface area (Å²) >= 11 is 1.37. The number of nitrogens with zero attached hydrogens (tertiary/aromatic N) is 2. The third-order valence-corrected chi connectivity index (χ3v) is 4.17. The summed E-state index contributed by atoms with van der Waals surface area (Å²) in [7, 11) is 0. The summed E-state index contributed by atoms with van der Waals surface area (Å²) in [5.74, 6) is -0.0677. The zero-order chi connectivity index (χ0) is 17.5. The maximum absolute atomic E-state index is 12.2. The quantitative estimate of drug-likeness (QED) is 0.615. The van der Waals surface area contributed by atoms with Crippen LogP contribution in [0.1, 0.15) is 26.8 Å². The predicted molar refractivity (Wildman–Crippen MR) is 94.0 cm³/mol. The Labute approximate surface area is 145 Å². The molecule has 0 saturated heterocycles. The SMILES string of the molecule is CC(C)n1nccc1NC(=O)[C@@H](C)OC(=O)CSc1ccccc1. The molecule has 0 unspecified atom stereocenters. The molecule has 2 aromatic rings. The van der Waals surface area contributed by atoms with Gasteiger partial charge in [-0.3, -0.25) is 9.59 Å². The molecule has 1 heterocycles. The molecule has 2 rings (SSSR count). The van der Waals surface area contributed by atoms with Gasteiger partial charge in [0.2, 0.25) is 0 Å². The van der Waals surface area contributed by atoms with E-state index in [-0.39, 0.29) is 17.7 Å². The molecule has 7 heteroatoms. The van der Waals surface area contributed by atoms with Gasteiger partial charge in [0.15, 0.2) is 6.10 Å². The van der Waals surface area contributed by atoms with Crippen molar-refractivity contribution in [3.05, 3.63) is 42.6 Å². The second-order valence-corrected chi connectivity index (χ2v) is 6.53. The van der Waals surface area contributed by atoms with Gasteiger partial charge in [-0.1, -0.05) is 18.2 Å². The van der Waals surface area contributed by atoms with Crippen molar-refractivity contribution in [1.29, 1.82) is 0 Å². The highest BCUT2D eigenvalue weighted by Crippen LogP contribution is 2.17. The van der Waals surface area contributed by atoms with Crippen molar-refractivity contribution in [3.63, 3.8) is 0 Å². The molecular weight excluding hydrogens is 326 g/mol. The van der Waals surface area contributed by atoms with Crippen molar-refractivity contribution >= 4 is 29.5 Å². The number of rotatable bonds is 7. The van der Waals surface area contributed by atoms with E-state index in [0.29, 0.717) is 5.82 Å². The zero-order valence-electron chi connectivity index (χ0n) is 13.9. The second kappa shape index (κ2) is 8.54. The Bertz CT molecular complexity index is 685. The minimum absolute atomic E-state index is 0.121. The fraction of sp³-hybridized carbons (Fsp3) is 0.353. The molecule has 0 aliphatic carbocycles. The number of hydrogen-bond donors (Lipinski definition) is 1. The van der Waals surface area contributed by atoms with Crippen molar-refractivity contribution in [1.82, 2.24) is 9.78 Å². The number of carbonyl (C=O) groups excluding carboxylic acids is 2. The summed E-state index contributed by atoms with van der Waals surface area (Å²) in [6.45, 7) is 5.48. The van der Waals surface area contributed by atoms with Gasteiger partial charge in [0.1, 0.15) is 5.82 Å². The number of benzene rings is 1. The molecule has 0 radical (unpaired) electrons. The lowest BCUT2D eigenvalue weighted by atomic mass is 10.3. The number of carbonyl (C=O) groups is 2. The monoisotopic (exact) mass is 347 g/mol. The predicted octanol–water partition coefficient (Wildman–Crippen LogP) is 3.13. The Hall–Kier alpha value is -2.28. The fourth-order valence-corrected chi connectivity index (χ4v) is 2.70. The van der Waals surface area contributed by atoms with E-state index in [4.69, 9.17) is 4.74 Å². The van der Waals surface area contributed by atoms with E-state index in [1.165, 1.54) is 11.8 Å². The molecule has 0 aliphatic heterocycles. The maximum atomic E-state index is 12.2. The standard InChI is InChI=1S/C17H21N3O3S/c1-12(2)20-15(9-10-18-20)19-17(22)13(3)23-16(21)11-24-14-7-5-4-6-8-14/h4-10,12-13H,11H2,1-3H3,(H,19,22)/t13-/m1/s1. The van der Waals surface area contributed by atoms with Gasteiger partial charge >= 0.3 is 5.97 Å². The Kier molecular flexibility index (Phi) is 6.43. The topological polar surface area (TPSA) is 73.2 Å². The third kappa shape index (κ3) is 5.13. The molecule has 0 saturated carbocycles. The minimum atomic E-state index is -0.871. The van der Waals surface area contributed by atoms with E-state index in [2.05, 4.69) is 10.4 Å². The average molecular weight is 347 g/mol. The van der Waals surface area contributed by atoms with Crippen LogP contribution in [0.4, 0.5) is 5.82 Å². The summed E-state index contributed by atoms with van der Waals surface area (Å²) in [5.41, 5.74) is 0. The number of amides is 1. The molecule has 0 fully saturated rings. The summed E-state index contributed by atoms with van der Waals surface area (Å²) in [4.78, 5) is 25.0. The van der Waals surface area contributed by atoms with Crippen LogP contribution in [0, 0.1) is 0 Å². The first-order chi connectivity index (χ1) is 11.5. The summed E-state index contributed by atoms with van der Waals surface area (Å²) in [6.07, 6.45) is 0.743. The largest absolute Gasteiger partial charge is 0.452 e. The number of hydrogen-bond acceptors (Lipinski definition) is 5. The minimum Gasteiger partial charge on any atom is -0.452 e. The van der Waals surface area contributed by atoms with Gasteiger partial charge in [-0.05, 0) is 32.9 Å². The van der Waals surface area contributed by atoms with Gasteiger partial charge in [0.05, 0.1) is 11.9 Å². The fourth-order valence-electron chi connectivity index (χ4n) is 2.00. The first-order valence-electron chi connectivity index (χ1n) is 7.69. The van der Waals surface area contributed by atoms with Crippen molar-refractivity contribution < 1.29 is 14.3 Å². The van der Waals surface area contributed by atoms with Gasteiger partial charge < -0.3 is 10.1 Å². The van der Waals surface area contributed by atoms with Crippen LogP contribution >= 0.6 is 11.8 Å². The van der Waals surface area contributed by atoms with Crippen molar-refractivity contribution in [3.8, 4) is 0 Å². The number of anilines is 1. The van der Waals surface area contributed by atoms with E-state index in [0.717, 1.165) is 4.90 Å². The highest BCUT2D eigenvalue weighted by molar-refractivity contribution is 8.00. The molecule has 6 nitrogen and oxygen atoms in total. The van der Waals surface area contributed by atoms with Gasteiger partial charge in [-0.25, -0.2) is 4.68 Å². The van der Waals surface area contributed by atoms with Crippen molar-refractivity contribution in [2.45, 2.75) is 37.8 Å². The van der Waals surface area contributed by atoms with Crippen LogP contribution in [0.3, 0.4) is 0 Å². The van der Waals surface area contributed by atoms with E-state index < -0.39 is 12.1 Å². The average Bonchev–Trinajstić information content (AvgIpc) is 3.02. The van der Waals surface area contributed by atoms with Gasteiger partial charge in [-0.15, -0.1) is 11.8 Å². The molecule has 0 bridgehead atoms. The van der Waals surface area contributed by atoms with Gasteiger partial charge in [-0.2, -0.15) is 5.10 Å². The smallest absolute Gasteiger partial charge is 0.317 e. The molecule has 0 spiro atoms. The zero-order valence-corrected chi connectivity index (χ0v) is 14.7. The van der Waals surface area contributed by atoms with Crippen LogP contribution in [-0.4, -0.2) is 33.5 Å². The molecule has 1 N–H and O–H groups in total. The van der Waals surface area contributed by atoms with E-state index in [1.54, 1.807) is 23.9 Å². The highest BCUT2D eigenvalue weighted by atomic mass is 32.2. The highest BCUT2D eigenvalue weighted by Gasteiger charge is 2.19. The van der Waals surface area contributed by atoms with Crippen LogP contribution in [0.15, 0.2) is 47.5 Å². The van der Waals surface area contributed by atoms with Crippen LogP contribution in [0.5, 0.6) is 0 Å². The van der Waals surface area contributed by atoms with Crippen LogP contribution in [-0.2, 0) is 14.3 Å². The summed E-state index contributed by atoms with van der Waals surface area (Å²) < 4.78 is 6.87. The molecule has 0 aliphatic rings. The first-order valence-corrected chi connectivity index (χ1v) is 8.67. The lowest BCUT2D eigenvalue weighted by Gasteiger charge is -2.15. The first kappa shape index (κ1) is 18.1. The molecule has 1 aromatic heterocycles. The molecule has 1 aromatic carbocycles. The van der Waals surface area contributed by atoms with E-state index in [9.17, 15) is 9.59 Å². The lowest BCUT2D eigenvalue weighted by molar-refractivity contribution is -0.150. The van der Waals surface area contributed by atoms with E-state index in [1.807, 2.05) is 44.2 Å². The number of aromatic nitrogens is 2. The summed E-state index contributed by atoms with van der Waals surface area (Å²) in [5, 5.41) is 6.87. The number of ether oxygens (including phenoxy) is 1. The molecule has 1 atom stereocenters. The van der Waals surface area contributed by atoms with E-state index >= 15 is 0 Å². The lowest BCUT2D eigenvalue weighted by Crippen LogP contribution is -2.31. The Balaban J connectivity index is 1.82. The summed E-state index contributed by atoms with van der Waals surface area (Å²) in [6, 6.07) is 11.4. The van der Waals surface area contributed by atoms with Crippen LogP contribution in [0.2, 0.25) is 0 Å². The second-order valence-electron chi connectivity index (χ2n) is 5.48. The number of thioether (sulfide) groups is 1. The van der Waals surface area contributed by atoms with Gasteiger partial charge in [0, 0.05) is 17.0 Å². The molecule has 24 heavy (non-hydrogen) atoms. The van der Waals surface area contributed by atoms with Gasteiger partial charge in [0.25, 0.3) is 5.91 Å². The van der Waals surface area contributed by atoms with Crippen LogP contribution < -0.4 is 5.32 Å². The third-order valence-electron chi connectivity index (χ3n) is 3.19. The number of nitrogens with one attached hydrogen (secondary N) is 1. The molecular formula is C17H21N3O3S. The Morgan fingerprint density at radius 1 is 1.21 bits per heavy atom. The Morgan fingerprint density at radius 3 is 2.58 bits per heavy atom. The van der Waals surface area contributed by atoms with Crippen LogP contribution in [0.25, 0.3) is 0 Å². The van der Waals surface area contributed by atoms with Crippen molar-refractivity contribution in [2.75, 3.05) is 11.1 Å². The number of esters is 1. The van der Waals surface area contributed by atoms with Crippen molar-refractivity contribution in [2.24, 2.45) is 0 Å². The maximum Gasteiger partial charge on any atom is 0.317 e.